The first-order chi connectivity index (χ1) is 16.5. The van der Waals surface area contributed by atoms with Crippen molar-refractivity contribution in [3.8, 4) is 22.9 Å². The van der Waals surface area contributed by atoms with Gasteiger partial charge in [0.1, 0.15) is 5.75 Å². The number of nitrogens with zero attached hydrogens (tertiary/aromatic N) is 3. The maximum atomic E-state index is 5.82. The summed E-state index contributed by atoms with van der Waals surface area (Å²) in [5.74, 6) is 1.46. The molecule has 1 aromatic carbocycles. The zero-order valence-electron chi connectivity index (χ0n) is 21.0. The van der Waals surface area contributed by atoms with Crippen molar-refractivity contribution in [2.24, 2.45) is 0 Å². The van der Waals surface area contributed by atoms with Crippen molar-refractivity contribution < 1.29 is 9.47 Å². The molecule has 0 aliphatic rings. The summed E-state index contributed by atoms with van der Waals surface area (Å²) >= 11 is 0. The van der Waals surface area contributed by atoms with E-state index in [0.29, 0.717) is 25.1 Å². The molecule has 0 spiro atoms. The maximum absolute atomic E-state index is 5.82. The van der Waals surface area contributed by atoms with Gasteiger partial charge in [-0.15, -0.1) is 0 Å². The molecule has 0 saturated carbocycles. The zero-order chi connectivity index (χ0) is 24.2. The first kappa shape index (κ1) is 23.6. The highest BCUT2D eigenvalue weighted by Gasteiger charge is 2.21. The molecule has 0 atom stereocenters. The summed E-state index contributed by atoms with van der Waals surface area (Å²) < 4.78 is 13.6. The van der Waals surface area contributed by atoms with E-state index in [1.54, 1.807) is 13.3 Å². The Morgan fingerprint density at radius 2 is 1.85 bits per heavy atom. The Hall–Kier alpha value is -3.54. The molecule has 178 valence electrons. The molecule has 3 heterocycles. The topological polar surface area (TPSA) is 61.2 Å². The van der Waals surface area contributed by atoms with Crippen LogP contribution in [-0.4, -0.2) is 28.3 Å². The average Bonchev–Trinajstić information content (AvgIpc) is 3.15. The van der Waals surface area contributed by atoms with Gasteiger partial charge in [-0.3, -0.25) is 0 Å². The molecule has 0 amide bonds. The van der Waals surface area contributed by atoms with Gasteiger partial charge in [0.05, 0.1) is 41.7 Å². The molecule has 6 nitrogen and oxygen atoms in total. The monoisotopic (exact) mass is 458 g/mol. The van der Waals surface area contributed by atoms with E-state index in [0.717, 1.165) is 40.1 Å². The Labute approximate surface area is 202 Å². The molecule has 0 bridgehead atoms. The van der Waals surface area contributed by atoms with Crippen LogP contribution in [-0.2, 0) is 13.0 Å². The lowest BCUT2D eigenvalue weighted by Crippen LogP contribution is -2.08. The van der Waals surface area contributed by atoms with Crippen LogP contribution in [0.2, 0.25) is 0 Å². The van der Waals surface area contributed by atoms with E-state index in [-0.39, 0.29) is 0 Å². The maximum Gasteiger partial charge on any atom is 0.222 e. The number of benzene rings is 1. The summed E-state index contributed by atoms with van der Waals surface area (Å²) in [7, 11) is 1.69. The van der Waals surface area contributed by atoms with Crippen LogP contribution in [0.1, 0.15) is 50.6 Å². The SMILES string of the molecule is CCOc1ncccc1-c1cc(NCc2ccc(OC)cc2)c2c(n1)c(C)c(CC)n2C(C)C. The predicted molar refractivity (Wildman–Crippen MR) is 139 cm³/mol. The van der Waals surface area contributed by atoms with Crippen LogP contribution in [0.3, 0.4) is 0 Å². The molecule has 3 aromatic heterocycles. The zero-order valence-corrected chi connectivity index (χ0v) is 21.0. The van der Waals surface area contributed by atoms with Gasteiger partial charge in [-0.25, -0.2) is 9.97 Å². The third-order valence-electron chi connectivity index (χ3n) is 6.13. The fourth-order valence-electron chi connectivity index (χ4n) is 4.55. The van der Waals surface area contributed by atoms with E-state index >= 15 is 0 Å². The molecule has 6 heteroatoms. The summed E-state index contributed by atoms with van der Waals surface area (Å²) in [5, 5.41) is 3.70. The van der Waals surface area contributed by atoms with E-state index in [1.165, 1.54) is 16.8 Å². The molecule has 0 radical (unpaired) electrons. The lowest BCUT2D eigenvalue weighted by molar-refractivity contribution is 0.328. The molecule has 4 rings (SSSR count). The van der Waals surface area contributed by atoms with Crippen molar-refractivity contribution >= 4 is 16.7 Å². The predicted octanol–water partition coefficient (Wildman–Crippen LogP) is 6.57. The molecule has 0 fully saturated rings. The quantitative estimate of drug-likeness (QED) is 0.307. The lowest BCUT2D eigenvalue weighted by Gasteiger charge is -2.18. The highest BCUT2D eigenvalue weighted by molar-refractivity contribution is 5.95. The van der Waals surface area contributed by atoms with Gasteiger partial charge in [0.2, 0.25) is 5.88 Å². The second kappa shape index (κ2) is 10.2. The fourth-order valence-corrected chi connectivity index (χ4v) is 4.55. The largest absolute Gasteiger partial charge is 0.497 e. The van der Waals surface area contributed by atoms with Gasteiger partial charge in [-0.2, -0.15) is 0 Å². The van der Waals surface area contributed by atoms with Crippen molar-refractivity contribution in [1.29, 1.82) is 0 Å². The standard InChI is InChI=1S/C28H34N4O2/c1-7-25-19(5)26-27(32(25)18(3)4)24(30-17-20-11-13-21(33-6)14-12-20)16-23(31-26)22-10-9-15-29-28(22)34-8-2/h9-16,18H,7-8,17H2,1-6H3,(H,30,31). The van der Waals surface area contributed by atoms with Gasteiger partial charge < -0.3 is 19.4 Å². The minimum Gasteiger partial charge on any atom is -0.497 e. The van der Waals surface area contributed by atoms with Crippen LogP contribution in [0.25, 0.3) is 22.3 Å². The highest BCUT2D eigenvalue weighted by atomic mass is 16.5. The second-order valence-electron chi connectivity index (χ2n) is 8.63. The minimum atomic E-state index is 0.317. The van der Waals surface area contributed by atoms with E-state index in [4.69, 9.17) is 14.5 Å². The second-order valence-corrected chi connectivity index (χ2v) is 8.63. The number of rotatable bonds is 9. The van der Waals surface area contributed by atoms with Crippen LogP contribution >= 0.6 is 0 Å². The van der Waals surface area contributed by atoms with E-state index in [2.05, 4.69) is 60.8 Å². The van der Waals surface area contributed by atoms with Gasteiger partial charge in [-0.1, -0.05) is 19.1 Å². The number of aromatic nitrogens is 3. The Morgan fingerprint density at radius 1 is 1.09 bits per heavy atom. The summed E-state index contributed by atoms with van der Waals surface area (Å²) in [6, 6.07) is 14.6. The molecule has 0 aliphatic carbocycles. The number of hydrogen-bond donors (Lipinski definition) is 1. The minimum absolute atomic E-state index is 0.317. The molecule has 0 aliphatic heterocycles. The molecule has 34 heavy (non-hydrogen) atoms. The summed E-state index contributed by atoms with van der Waals surface area (Å²) in [6.45, 7) is 12.1. The first-order valence-corrected chi connectivity index (χ1v) is 12.0. The van der Waals surface area contributed by atoms with E-state index in [9.17, 15) is 0 Å². The Balaban J connectivity index is 1.88. The number of aryl methyl sites for hydroxylation is 1. The number of pyridine rings is 2. The van der Waals surface area contributed by atoms with Gasteiger partial charge in [0.25, 0.3) is 0 Å². The van der Waals surface area contributed by atoms with Crippen molar-refractivity contribution in [1.82, 2.24) is 14.5 Å². The molecule has 0 unspecified atom stereocenters. The lowest BCUT2D eigenvalue weighted by atomic mass is 10.1. The number of ether oxygens (including phenoxy) is 2. The molecular weight excluding hydrogens is 424 g/mol. The number of hydrogen-bond acceptors (Lipinski definition) is 5. The summed E-state index contributed by atoms with van der Waals surface area (Å²) in [6.07, 6.45) is 2.70. The van der Waals surface area contributed by atoms with Crippen LogP contribution in [0.15, 0.2) is 48.7 Å². The molecular formula is C28H34N4O2. The van der Waals surface area contributed by atoms with Crippen molar-refractivity contribution in [2.75, 3.05) is 19.0 Å². The smallest absolute Gasteiger partial charge is 0.222 e. The third-order valence-corrected chi connectivity index (χ3v) is 6.13. The number of methoxy groups -OCH3 is 1. The average molecular weight is 459 g/mol. The molecule has 4 aromatic rings. The third kappa shape index (κ3) is 4.45. The Kier molecular flexibility index (Phi) is 7.06. The van der Waals surface area contributed by atoms with Gasteiger partial charge in [0, 0.05) is 24.5 Å². The van der Waals surface area contributed by atoms with Gasteiger partial charge in [0.15, 0.2) is 0 Å². The van der Waals surface area contributed by atoms with E-state index < -0.39 is 0 Å². The van der Waals surface area contributed by atoms with E-state index in [1.807, 2.05) is 31.2 Å². The van der Waals surface area contributed by atoms with Crippen LogP contribution in [0.5, 0.6) is 11.6 Å². The fraction of sp³-hybridized carbons (Fsp3) is 0.357. The number of anilines is 1. The number of nitrogens with one attached hydrogen (secondary N) is 1. The summed E-state index contributed by atoms with van der Waals surface area (Å²) in [4.78, 5) is 9.59. The first-order valence-electron chi connectivity index (χ1n) is 12.0. The van der Waals surface area contributed by atoms with Gasteiger partial charge >= 0.3 is 0 Å². The molecule has 1 N–H and O–H groups in total. The van der Waals surface area contributed by atoms with Crippen LogP contribution in [0, 0.1) is 6.92 Å². The van der Waals surface area contributed by atoms with Crippen molar-refractivity contribution in [2.45, 2.75) is 53.6 Å². The molecule has 0 saturated heterocycles. The van der Waals surface area contributed by atoms with Crippen molar-refractivity contribution in [3.05, 3.63) is 65.5 Å². The Morgan fingerprint density at radius 3 is 2.50 bits per heavy atom. The normalized spacial score (nSPS) is 11.3. The van der Waals surface area contributed by atoms with Crippen LogP contribution in [0.4, 0.5) is 5.69 Å². The Bertz CT molecular complexity index is 1280. The number of fused-ring (bicyclic) bond motifs is 1. The summed E-state index contributed by atoms with van der Waals surface area (Å²) in [5.41, 5.74) is 8.69. The van der Waals surface area contributed by atoms with Crippen LogP contribution < -0.4 is 14.8 Å². The highest BCUT2D eigenvalue weighted by Crippen LogP contribution is 2.37. The van der Waals surface area contributed by atoms with Gasteiger partial charge in [-0.05, 0) is 75.6 Å². The van der Waals surface area contributed by atoms with Crippen molar-refractivity contribution in [3.63, 3.8) is 0 Å².